The summed E-state index contributed by atoms with van der Waals surface area (Å²) in [5.74, 6) is 1.24. The Kier molecular flexibility index (Phi) is 7.51. The summed E-state index contributed by atoms with van der Waals surface area (Å²) >= 11 is 0. The van der Waals surface area contributed by atoms with Crippen LogP contribution in [0.1, 0.15) is 31.2 Å². The average molecular weight is 499 g/mol. The number of piperidine rings is 1. The molecule has 0 radical (unpaired) electrons. The van der Waals surface area contributed by atoms with E-state index >= 15 is 0 Å². The number of ether oxygens (including phenoxy) is 1. The summed E-state index contributed by atoms with van der Waals surface area (Å²) in [6, 6.07) is 14.2. The molecule has 1 aliphatic heterocycles. The molecule has 0 spiro atoms. The van der Waals surface area contributed by atoms with Crippen LogP contribution in [0.2, 0.25) is 0 Å². The van der Waals surface area contributed by atoms with E-state index in [1.54, 1.807) is 36.2 Å². The Labute approximate surface area is 205 Å². The largest absolute Gasteiger partial charge is 0.494 e. The van der Waals surface area contributed by atoms with Gasteiger partial charge in [0.15, 0.2) is 0 Å². The molecule has 3 aromatic rings. The lowest BCUT2D eigenvalue weighted by Gasteiger charge is -2.32. The van der Waals surface area contributed by atoms with E-state index in [2.05, 4.69) is 10.1 Å². The lowest BCUT2D eigenvalue weighted by molar-refractivity contribution is -0.136. The first-order chi connectivity index (χ1) is 16.8. The second-order valence-corrected chi connectivity index (χ2v) is 10.6. The molecule has 0 aliphatic carbocycles. The maximum absolute atomic E-state index is 13.0. The van der Waals surface area contributed by atoms with Crippen molar-refractivity contribution in [2.24, 2.45) is 5.92 Å². The number of carbonyl (C=O) groups is 1. The van der Waals surface area contributed by atoms with E-state index in [-0.39, 0.29) is 23.3 Å². The minimum Gasteiger partial charge on any atom is -0.494 e. The van der Waals surface area contributed by atoms with Crippen molar-refractivity contribution in [3.8, 4) is 17.1 Å². The number of benzene rings is 2. The van der Waals surface area contributed by atoms with Gasteiger partial charge >= 0.3 is 0 Å². The van der Waals surface area contributed by atoms with Gasteiger partial charge in [-0.15, -0.1) is 0 Å². The van der Waals surface area contributed by atoms with Gasteiger partial charge in [0.25, 0.3) is 0 Å². The molecule has 10 heteroatoms. The zero-order valence-electron chi connectivity index (χ0n) is 20.2. The van der Waals surface area contributed by atoms with Crippen LogP contribution in [-0.4, -0.2) is 60.4 Å². The van der Waals surface area contributed by atoms with Crippen LogP contribution >= 0.6 is 0 Å². The predicted molar refractivity (Wildman–Crippen MR) is 130 cm³/mol. The highest BCUT2D eigenvalue weighted by Gasteiger charge is 2.33. The molecule has 2 aromatic carbocycles. The van der Waals surface area contributed by atoms with Crippen LogP contribution in [0, 0.1) is 12.8 Å². The van der Waals surface area contributed by atoms with Gasteiger partial charge in [-0.2, -0.15) is 9.29 Å². The molecular weight excluding hydrogens is 468 g/mol. The zero-order chi connectivity index (χ0) is 25.0. The summed E-state index contributed by atoms with van der Waals surface area (Å²) in [5, 5.41) is 4.02. The van der Waals surface area contributed by atoms with Crippen molar-refractivity contribution in [2.45, 2.75) is 38.1 Å². The quantitative estimate of drug-likeness (QED) is 0.468. The van der Waals surface area contributed by atoms with Crippen molar-refractivity contribution in [2.75, 3.05) is 26.7 Å². The Hall–Kier alpha value is -3.24. The first kappa shape index (κ1) is 24.9. The van der Waals surface area contributed by atoms with E-state index in [1.807, 2.05) is 38.1 Å². The fourth-order valence-corrected chi connectivity index (χ4v) is 5.57. The number of hydrogen-bond donors (Lipinski definition) is 0. The van der Waals surface area contributed by atoms with Crippen LogP contribution in [0.25, 0.3) is 11.4 Å². The molecule has 1 aromatic heterocycles. The second kappa shape index (κ2) is 10.6. The smallest absolute Gasteiger partial charge is 0.246 e. The second-order valence-electron chi connectivity index (χ2n) is 8.65. The minimum atomic E-state index is -3.56. The van der Waals surface area contributed by atoms with Crippen molar-refractivity contribution >= 4 is 15.9 Å². The maximum atomic E-state index is 13.0. The van der Waals surface area contributed by atoms with Crippen LogP contribution in [-0.2, 0) is 21.4 Å². The lowest BCUT2D eigenvalue weighted by atomic mass is 9.97. The van der Waals surface area contributed by atoms with E-state index in [9.17, 15) is 13.2 Å². The Morgan fingerprint density at radius 1 is 1.11 bits per heavy atom. The molecular formula is C25H30N4O5S. The van der Waals surface area contributed by atoms with E-state index < -0.39 is 10.0 Å². The Bertz CT molecular complexity index is 1250. The molecule has 9 nitrogen and oxygen atoms in total. The number of rotatable bonds is 8. The number of carbonyl (C=O) groups excluding carboxylic acids is 1. The van der Waals surface area contributed by atoms with Crippen LogP contribution in [0.5, 0.6) is 5.75 Å². The molecule has 1 aliphatic rings. The number of hydrogen-bond acceptors (Lipinski definition) is 7. The van der Waals surface area contributed by atoms with Gasteiger partial charge in [0.05, 0.1) is 18.0 Å². The summed E-state index contributed by atoms with van der Waals surface area (Å²) in [6.07, 6.45) is 0.936. The van der Waals surface area contributed by atoms with Gasteiger partial charge in [-0.3, -0.25) is 4.79 Å². The SMILES string of the molecule is CCOc1ccc(-c2noc(CN(C)C(=O)C3CCN(S(=O)(=O)c4ccc(C)cc4)CC3)n2)cc1. The topological polar surface area (TPSA) is 106 Å². The summed E-state index contributed by atoms with van der Waals surface area (Å²) < 4.78 is 38.1. The predicted octanol–water partition coefficient (Wildman–Crippen LogP) is 3.50. The van der Waals surface area contributed by atoms with E-state index in [1.165, 1.54) is 4.31 Å². The Balaban J connectivity index is 1.32. The third kappa shape index (κ3) is 5.71. The molecule has 35 heavy (non-hydrogen) atoms. The van der Waals surface area contributed by atoms with Crippen molar-refractivity contribution in [3.63, 3.8) is 0 Å². The first-order valence-corrected chi connectivity index (χ1v) is 13.1. The standard InChI is InChI=1S/C25H30N4O5S/c1-4-33-21-9-7-19(8-10-21)24-26-23(34-27-24)17-28(3)25(30)20-13-15-29(16-14-20)35(31,32)22-11-5-18(2)6-12-22/h5-12,20H,4,13-17H2,1-3H3. The maximum Gasteiger partial charge on any atom is 0.246 e. The molecule has 0 saturated carbocycles. The Morgan fingerprint density at radius 3 is 2.40 bits per heavy atom. The van der Waals surface area contributed by atoms with E-state index in [0.717, 1.165) is 16.9 Å². The van der Waals surface area contributed by atoms with Gasteiger partial charge < -0.3 is 14.2 Å². The lowest BCUT2D eigenvalue weighted by Crippen LogP contribution is -2.43. The highest BCUT2D eigenvalue weighted by atomic mass is 32.2. The molecule has 1 fully saturated rings. The number of aromatic nitrogens is 2. The van der Waals surface area contributed by atoms with Crippen LogP contribution < -0.4 is 4.74 Å². The Morgan fingerprint density at radius 2 is 1.77 bits per heavy atom. The zero-order valence-corrected chi connectivity index (χ0v) is 21.0. The highest BCUT2D eigenvalue weighted by Crippen LogP contribution is 2.26. The number of aryl methyl sites for hydroxylation is 1. The first-order valence-electron chi connectivity index (χ1n) is 11.7. The third-order valence-electron chi connectivity index (χ3n) is 6.10. The summed E-state index contributed by atoms with van der Waals surface area (Å²) in [7, 11) is -1.87. The van der Waals surface area contributed by atoms with Crippen LogP contribution in [0.15, 0.2) is 57.9 Å². The van der Waals surface area contributed by atoms with Gasteiger partial charge in [-0.05, 0) is 63.1 Å². The molecule has 0 atom stereocenters. The summed E-state index contributed by atoms with van der Waals surface area (Å²) in [4.78, 5) is 19.2. The molecule has 4 rings (SSSR count). The third-order valence-corrected chi connectivity index (χ3v) is 8.02. The molecule has 2 heterocycles. The van der Waals surface area contributed by atoms with Crippen LogP contribution in [0.3, 0.4) is 0 Å². The molecule has 1 saturated heterocycles. The molecule has 0 unspecified atom stereocenters. The van der Waals surface area contributed by atoms with Crippen LogP contribution in [0.4, 0.5) is 0 Å². The number of amides is 1. The van der Waals surface area contributed by atoms with Crippen molar-refractivity contribution in [1.82, 2.24) is 19.3 Å². The fraction of sp³-hybridized carbons (Fsp3) is 0.400. The van der Waals surface area contributed by atoms with Gasteiger partial charge in [-0.1, -0.05) is 22.9 Å². The van der Waals surface area contributed by atoms with Crippen molar-refractivity contribution < 1.29 is 22.5 Å². The van der Waals surface area contributed by atoms with Gasteiger partial charge in [0.1, 0.15) is 5.75 Å². The highest BCUT2D eigenvalue weighted by molar-refractivity contribution is 7.89. The minimum absolute atomic E-state index is 0.0572. The van der Waals surface area contributed by atoms with Gasteiger partial charge in [0, 0.05) is 31.6 Å². The van der Waals surface area contributed by atoms with E-state index in [0.29, 0.717) is 44.3 Å². The summed E-state index contributed by atoms with van der Waals surface area (Å²) in [5.41, 5.74) is 1.80. The van der Waals surface area contributed by atoms with Gasteiger partial charge in [0.2, 0.25) is 27.6 Å². The number of sulfonamides is 1. The van der Waals surface area contributed by atoms with Crippen molar-refractivity contribution in [1.29, 1.82) is 0 Å². The molecule has 1 amide bonds. The van der Waals surface area contributed by atoms with E-state index in [4.69, 9.17) is 9.26 Å². The molecule has 186 valence electrons. The summed E-state index contributed by atoms with van der Waals surface area (Å²) in [6.45, 7) is 5.23. The fourth-order valence-electron chi connectivity index (χ4n) is 4.10. The monoisotopic (exact) mass is 498 g/mol. The van der Waals surface area contributed by atoms with Gasteiger partial charge in [-0.25, -0.2) is 8.42 Å². The average Bonchev–Trinajstić information content (AvgIpc) is 3.33. The molecule has 0 bridgehead atoms. The normalized spacial score (nSPS) is 15.2. The number of nitrogens with zero attached hydrogens (tertiary/aromatic N) is 4. The van der Waals surface area contributed by atoms with Crippen molar-refractivity contribution in [3.05, 3.63) is 60.0 Å². The molecule has 0 N–H and O–H groups in total.